The summed E-state index contributed by atoms with van der Waals surface area (Å²) in [5.74, 6) is -0.562. The molecule has 0 aromatic heterocycles. The molecule has 4 amide bonds. The molecule has 0 saturated carbocycles. The second-order valence-electron chi connectivity index (χ2n) is 7.39. The van der Waals surface area contributed by atoms with Gasteiger partial charge in [0.1, 0.15) is 6.04 Å². The van der Waals surface area contributed by atoms with Crippen molar-refractivity contribution in [3.05, 3.63) is 12.2 Å². The van der Waals surface area contributed by atoms with Crippen molar-refractivity contribution in [2.24, 2.45) is 5.92 Å². The van der Waals surface area contributed by atoms with Gasteiger partial charge in [-0.2, -0.15) is 0 Å². The van der Waals surface area contributed by atoms with E-state index in [-0.39, 0.29) is 29.7 Å². The smallest absolute Gasteiger partial charge is 0.253 e. The molecule has 26 heavy (non-hydrogen) atoms. The summed E-state index contributed by atoms with van der Waals surface area (Å²) in [6, 6.07) is -0.490. The fraction of sp³-hybridized carbons (Fsp3) is 0.684. The first-order valence-corrected chi connectivity index (χ1v) is 9.34. The first-order chi connectivity index (χ1) is 12.2. The zero-order valence-corrected chi connectivity index (χ0v) is 16.2. The number of amides is 4. The Morgan fingerprint density at radius 2 is 1.58 bits per heavy atom. The van der Waals surface area contributed by atoms with Crippen molar-refractivity contribution in [3.63, 3.8) is 0 Å². The number of nitrogens with zero attached hydrogens (tertiary/aromatic N) is 1. The van der Waals surface area contributed by atoms with E-state index < -0.39 is 6.04 Å². The zero-order valence-electron chi connectivity index (χ0n) is 16.2. The third-order valence-electron chi connectivity index (χ3n) is 3.98. The molecule has 7 heteroatoms. The van der Waals surface area contributed by atoms with Crippen LogP contribution in [-0.4, -0.2) is 47.2 Å². The van der Waals surface area contributed by atoms with Gasteiger partial charge in [-0.25, -0.2) is 0 Å². The highest BCUT2D eigenvalue weighted by atomic mass is 16.2. The monoisotopic (exact) mass is 365 g/mol. The Balaban J connectivity index is 2.30. The maximum atomic E-state index is 12.2. The highest BCUT2D eigenvalue weighted by Crippen LogP contribution is 2.09. The number of hydrogen-bond acceptors (Lipinski definition) is 4. The molecule has 1 aliphatic heterocycles. The Morgan fingerprint density at radius 3 is 2.12 bits per heavy atom. The van der Waals surface area contributed by atoms with Gasteiger partial charge in [0.25, 0.3) is 11.8 Å². The van der Waals surface area contributed by atoms with Crippen LogP contribution in [0.25, 0.3) is 0 Å². The Labute approximate surface area is 155 Å². The molecule has 1 atom stereocenters. The van der Waals surface area contributed by atoms with Gasteiger partial charge in [0.15, 0.2) is 0 Å². The normalized spacial score (nSPS) is 15.1. The zero-order chi connectivity index (χ0) is 19.7. The molecule has 0 fully saturated rings. The lowest BCUT2D eigenvalue weighted by Crippen LogP contribution is -2.49. The van der Waals surface area contributed by atoms with Gasteiger partial charge in [-0.05, 0) is 39.0 Å². The molecule has 0 saturated heterocycles. The van der Waals surface area contributed by atoms with Gasteiger partial charge >= 0.3 is 0 Å². The molecule has 7 nitrogen and oxygen atoms in total. The number of rotatable bonds is 11. The first kappa shape index (κ1) is 21.9. The Hall–Kier alpha value is -2.18. The summed E-state index contributed by atoms with van der Waals surface area (Å²) in [7, 11) is 0. The van der Waals surface area contributed by atoms with E-state index in [2.05, 4.69) is 10.6 Å². The molecular weight excluding hydrogens is 334 g/mol. The molecule has 2 N–H and O–H groups in total. The predicted octanol–water partition coefficient (Wildman–Crippen LogP) is 1.53. The van der Waals surface area contributed by atoms with Crippen molar-refractivity contribution >= 4 is 23.6 Å². The minimum atomic E-state index is -0.518. The Kier molecular flexibility index (Phi) is 9.02. The number of hydrogen-bond donors (Lipinski definition) is 2. The number of carbonyl (C=O) groups is 4. The van der Waals surface area contributed by atoms with Gasteiger partial charge in [0.2, 0.25) is 11.8 Å². The second kappa shape index (κ2) is 10.7. The van der Waals surface area contributed by atoms with Crippen LogP contribution in [0.5, 0.6) is 0 Å². The molecule has 1 rings (SSSR count). The number of nitrogens with one attached hydrogen (secondary N) is 2. The van der Waals surface area contributed by atoms with Crippen molar-refractivity contribution in [2.45, 2.75) is 71.9 Å². The predicted molar refractivity (Wildman–Crippen MR) is 99.0 cm³/mol. The van der Waals surface area contributed by atoms with Crippen molar-refractivity contribution in [1.82, 2.24) is 15.5 Å². The van der Waals surface area contributed by atoms with Gasteiger partial charge in [-0.1, -0.05) is 20.3 Å². The molecule has 0 aliphatic carbocycles. The molecular formula is C19H31N3O4. The molecule has 146 valence electrons. The highest BCUT2D eigenvalue weighted by molar-refractivity contribution is 6.12. The largest absolute Gasteiger partial charge is 0.352 e. The maximum Gasteiger partial charge on any atom is 0.253 e. The van der Waals surface area contributed by atoms with Gasteiger partial charge in [0, 0.05) is 31.2 Å². The molecule has 0 bridgehead atoms. The average Bonchev–Trinajstić information content (AvgIpc) is 2.84. The van der Waals surface area contributed by atoms with E-state index in [0.29, 0.717) is 38.1 Å². The van der Waals surface area contributed by atoms with Crippen molar-refractivity contribution in [2.75, 3.05) is 6.54 Å². The van der Waals surface area contributed by atoms with Crippen LogP contribution in [0.15, 0.2) is 12.2 Å². The summed E-state index contributed by atoms with van der Waals surface area (Å²) in [4.78, 5) is 48.4. The topological polar surface area (TPSA) is 95.6 Å². The van der Waals surface area contributed by atoms with E-state index in [1.807, 2.05) is 27.7 Å². The van der Waals surface area contributed by atoms with Crippen LogP contribution in [0.3, 0.4) is 0 Å². The molecule has 0 spiro atoms. The lowest BCUT2D eigenvalue weighted by molar-refractivity contribution is -0.137. The molecule has 0 aromatic carbocycles. The van der Waals surface area contributed by atoms with Gasteiger partial charge < -0.3 is 10.6 Å². The molecule has 0 aromatic rings. The van der Waals surface area contributed by atoms with Crippen LogP contribution in [0.2, 0.25) is 0 Å². The van der Waals surface area contributed by atoms with Crippen LogP contribution in [-0.2, 0) is 19.2 Å². The lowest BCUT2D eigenvalue weighted by Gasteiger charge is -2.21. The SMILES string of the molecule is CC(C)CC(NC(=O)CCCCCN1C(=O)C=CC1=O)C(=O)NC(C)C. The summed E-state index contributed by atoms with van der Waals surface area (Å²) >= 11 is 0. The van der Waals surface area contributed by atoms with E-state index >= 15 is 0 Å². The van der Waals surface area contributed by atoms with Gasteiger partial charge in [-0.15, -0.1) is 0 Å². The van der Waals surface area contributed by atoms with Gasteiger partial charge in [-0.3, -0.25) is 24.1 Å². The summed E-state index contributed by atoms with van der Waals surface area (Å²) in [6.45, 7) is 8.17. The summed E-state index contributed by atoms with van der Waals surface area (Å²) in [6.07, 6.45) is 5.50. The quantitative estimate of drug-likeness (QED) is 0.429. The van der Waals surface area contributed by atoms with Crippen molar-refractivity contribution in [3.8, 4) is 0 Å². The number of imide groups is 1. The van der Waals surface area contributed by atoms with E-state index in [1.54, 1.807) is 0 Å². The summed E-state index contributed by atoms with van der Waals surface area (Å²) in [5, 5.41) is 5.66. The van der Waals surface area contributed by atoms with E-state index in [0.717, 1.165) is 6.42 Å². The summed E-state index contributed by atoms with van der Waals surface area (Å²) in [5.41, 5.74) is 0. The third-order valence-corrected chi connectivity index (χ3v) is 3.98. The Morgan fingerprint density at radius 1 is 0.962 bits per heavy atom. The minimum absolute atomic E-state index is 0.0274. The third kappa shape index (κ3) is 7.80. The first-order valence-electron chi connectivity index (χ1n) is 9.34. The molecule has 1 heterocycles. The van der Waals surface area contributed by atoms with Crippen LogP contribution >= 0.6 is 0 Å². The van der Waals surface area contributed by atoms with Crippen LogP contribution in [0, 0.1) is 5.92 Å². The van der Waals surface area contributed by atoms with E-state index in [4.69, 9.17) is 0 Å². The molecule has 1 unspecified atom stereocenters. The standard InChI is InChI=1S/C19H31N3O4/c1-13(2)12-15(19(26)20-14(3)4)21-16(23)8-6-5-7-11-22-17(24)9-10-18(22)25/h9-10,13-15H,5-8,11-12H2,1-4H3,(H,20,26)(H,21,23). The van der Waals surface area contributed by atoms with Crippen LogP contribution in [0.4, 0.5) is 0 Å². The van der Waals surface area contributed by atoms with E-state index in [1.165, 1.54) is 17.1 Å². The number of unbranched alkanes of at least 4 members (excludes halogenated alkanes) is 2. The second-order valence-corrected chi connectivity index (χ2v) is 7.39. The van der Waals surface area contributed by atoms with Crippen molar-refractivity contribution in [1.29, 1.82) is 0 Å². The maximum absolute atomic E-state index is 12.2. The fourth-order valence-corrected chi connectivity index (χ4v) is 2.74. The van der Waals surface area contributed by atoms with E-state index in [9.17, 15) is 19.2 Å². The number of carbonyl (C=O) groups excluding carboxylic acids is 4. The highest BCUT2D eigenvalue weighted by Gasteiger charge is 2.23. The summed E-state index contributed by atoms with van der Waals surface area (Å²) < 4.78 is 0. The van der Waals surface area contributed by atoms with Gasteiger partial charge in [0.05, 0.1) is 0 Å². The Bertz CT molecular complexity index is 537. The molecule has 0 radical (unpaired) electrons. The average molecular weight is 365 g/mol. The fourth-order valence-electron chi connectivity index (χ4n) is 2.74. The van der Waals surface area contributed by atoms with Crippen LogP contribution in [0.1, 0.15) is 59.8 Å². The van der Waals surface area contributed by atoms with Crippen molar-refractivity contribution < 1.29 is 19.2 Å². The lowest BCUT2D eigenvalue weighted by atomic mass is 10.0. The minimum Gasteiger partial charge on any atom is -0.352 e. The molecule has 1 aliphatic rings. The van der Waals surface area contributed by atoms with Crippen LogP contribution < -0.4 is 10.6 Å².